The molecular weight excluding hydrogens is 312 g/mol. The Balaban J connectivity index is 1.53. The van der Waals surface area contributed by atoms with Gasteiger partial charge in [0.1, 0.15) is 5.82 Å². The van der Waals surface area contributed by atoms with Crippen LogP contribution >= 0.6 is 0 Å². The van der Waals surface area contributed by atoms with Gasteiger partial charge in [0.25, 0.3) is 0 Å². The molecule has 132 valence electrons. The van der Waals surface area contributed by atoms with Gasteiger partial charge < -0.3 is 16.0 Å². The lowest BCUT2D eigenvalue weighted by atomic mass is 10.1. The molecule has 1 aromatic heterocycles. The fraction of sp³-hybridized carbons (Fsp3) is 0.400. The van der Waals surface area contributed by atoms with Gasteiger partial charge in [0.05, 0.1) is 6.04 Å². The second kappa shape index (κ2) is 8.62. The van der Waals surface area contributed by atoms with Crippen LogP contribution in [0.25, 0.3) is 0 Å². The normalized spacial score (nSPS) is 15.6. The molecule has 1 aliphatic heterocycles. The van der Waals surface area contributed by atoms with Crippen LogP contribution in [0.3, 0.4) is 0 Å². The summed E-state index contributed by atoms with van der Waals surface area (Å²) < 4.78 is 0. The van der Waals surface area contributed by atoms with Gasteiger partial charge in [-0.05, 0) is 48.9 Å². The second-order valence-electron chi connectivity index (χ2n) is 6.58. The molecule has 0 radical (unpaired) electrons. The van der Waals surface area contributed by atoms with Gasteiger partial charge in [0, 0.05) is 25.8 Å². The average Bonchev–Trinajstić information content (AvgIpc) is 2.68. The van der Waals surface area contributed by atoms with Crippen LogP contribution in [0.15, 0.2) is 48.7 Å². The molecular formula is C20H26N4O. The van der Waals surface area contributed by atoms with Gasteiger partial charge >= 0.3 is 0 Å². The second-order valence-corrected chi connectivity index (χ2v) is 6.58. The Bertz CT molecular complexity index is 683. The molecule has 0 saturated carbocycles. The van der Waals surface area contributed by atoms with E-state index < -0.39 is 6.04 Å². The number of anilines is 1. The summed E-state index contributed by atoms with van der Waals surface area (Å²) in [5, 5.41) is 2.94. The summed E-state index contributed by atoms with van der Waals surface area (Å²) in [5.41, 5.74) is 8.15. The molecule has 5 nitrogen and oxygen atoms in total. The van der Waals surface area contributed by atoms with Crippen LogP contribution in [0.5, 0.6) is 0 Å². The molecule has 3 rings (SSSR count). The van der Waals surface area contributed by atoms with Crippen molar-refractivity contribution in [1.29, 1.82) is 0 Å². The number of nitrogens with one attached hydrogen (secondary N) is 1. The van der Waals surface area contributed by atoms with Crippen LogP contribution < -0.4 is 16.0 Å². The van der Waals surface area contributed by atoms with E-state index in [-0.39, 0.29) is 5.91 Å². The highest BCUT2D eigenvalue weighted by Crippen LogP contribution is 2.18. The summed E-state index contributed by atoms with van der Waals surface area (Å²) >= 11 is 0. The number of carbonyl (C=O) groups is 1. The van der Waals surface area contributed by atoms with E-state index in [1.165, 1.54) is 19.3 Å². The quantitative estimate of drug-likeness (QED) is 0.847. The number of carbonyl (C=O) groups excluding carboxylic acids is 1. The first kappa shape index (κ1) is 17.4. The van der Waals surface area contributed by atoms with Crippen LogP contribution in [0, 0.1) is 0 Å². The minimum absolute atomic E-state index is 0.125. The number of hydrogen-bond acceptors (Lipinski definition) is 4. The third-order valence-corrected chi connectivity index (χ3v) is 4.59. The van der Waals surface area contributed by atoms with E-state index in [1.54, 1.807) is 0 Å². The van der Waals surface area contributed by atoms with E-state index in [1.807, 2.05) is 42.6 Å². The van der Waals surface area contributed by atoms with E-state index in [2.05, 4.69) is 21.3 Å². The van der Waals surface area contributed by atoms with Crippen LogP contribution in [-0.4, -0.2) is 30.0 Å². The molecule has 2 aromatic rings. The maximum atomic E-state index is 12.2. The molecule has 1 unspecified atom stereocenters. The minimum Gasteiger partial charge on any atom is -0.357 e. The smallest absolute Gasteiger partial charge is 0.237 e. The number of hydrogen-bond donors (Lipinski definition) is 2. The Kier molecular flexibility index (Phi) is 6.01. The van der Waals surface area contributed by atoms with E-state index >= 15 is 0 Å². The molecule has 1 saturated heterocycles. The van der Waals surface area contributed by atoms with Crippen molar-refractivity contribution in [1.82, 2.24) is 10.3 Å². The van der Waals surface area contributed by atoms with Crippen molar-refractivity contribution in [2.45, 2.75) is 38.3 Å². The van der Waals surface area contributed by atoms with E-state index in [4.69, 9.17) is 5.73 Å². The van der Waals surface area contributed by atoms with Crippen molar-refractivity contribution in [3.05, 3.63) is 59.8 Å². The van der Waals surface area contributed by atoms with Gasteiger partial charge in [-0.1, -0.05) is 30.3 Å². The molecule has 1 atom stereocenters. The molecule has 1 aromatic carbocycles. The zero-order valence-corrected chi connectivity index (χ0v) is 14.5. The molecule has 5 heteroatoms. The predicted octanol–water partition coefficient (Wildman–Crippen LogP) is 2.26. The molecule has 1 fully saturated rings. The Morgan fingerprint density at radius 3 is 2.64 bits per heavy atom. The highest BCUT2D eigenvalue weighted by molar-refractivity contribution is 5.81. The highest BCUT2D eigenvalue weighted by atomic mass is 16.2. The number of amides is 1. The van der Waals surface area contributed by atoms with Gasteiger partial charge in [-0.3, -0.25) is 4.79 Å². The van der Waals surface area contributed by atoms with Gasteiger partial charge in [-0.2, -0.15) is 0 Å². The Morgan fingerprint density at radius 1 is 1.12 bits per heavy atom. The number of rotatable bonds is 6. The largest absolute Gasteiger partial charge is 0.357 e. The lowest BCUT2D eigenvalue weighted by Gasteiger charge is -2.28. The Hall–Kier alpha value is -2.40. The Labute approximate surface area is 149 Å². The highest BCUT2D eigenvalue weighted by Gasteiger charge is 2.15. The summed E-state index contributed by atoms with van der Waals surface area (Å²) in [6.07, 6.45) is 6.09. The van der Waals surface area contributed by atoms with Gasteiger partial charge in [-0.15, -0.1) is 0 Å². The van der Waals surface area contributed by atoms with Crippen molar-refractivity contribution in [2.24, 2.45) is 5.73 Å². The summed E-state index contributed by atoms with van der Waals surface area (Å²) in [7, 11) is 0. The van der Waals surface area contributed by atoms with Crippen molar-refractivity contribution >= 4 is 11.7 Å². The molecule has 0 spiro atoms. The Morgan fingerprint density at radius 2 is 1.88 bits per heavy atom. The van der Waals surface area contributed by atoms with Crippen molar-refractivity contribution in [3.63, 3.8) is 0 Å². The lowest BCUT2D eigenvalue weighted by Crippen LogP contribution is -2.41. The van der Waals surface area contributed by atoms with Crippen LogP contribution in [0.2, 0.25) is 0 Å². The van der Waals surface area contributed by atoms with Crippen molar-refractivity contribution in [3.8, 4) is 0 Å². The lowest BCUT2D eigenvalue weighted by molar-refractivity contribution is -0.122. The predicted molar refractivity (Wildman–Crippen MR) is 100 cm³/mol. The van der Waals surface area contributed by atoms with Crippen LogP contribution in [0.1, 0.15) is 30.4 Å². The maximum absolute atomic E-state index is 12.2. The number of nitrogens with zero attached hydrogens (tertiary/aromatic N) is 2. The topological polar surface area (TPSA) is 71.2 Å². The standard InChI is InChI=1S/C20H26N4O/c21-18(13-16-7-3-1-4-8-16)20(25)23-15-17-9-10-22-19(14-17)24-11-5-2-6-12-24/h1,3-4,7-10,14,18H,2,5-6,11-13,15,21H2,(H,23,25). The molecule has 2 heterocycles. The zero-order chi connectivity index (χ0) is 17.5. The zero-order valence-electron chi connectivity index (χ0n) is 14.5. The third kappa shape index (κ3) is 5.03. The fourth-order valence-corrected chi connectivity index (χ4v) is 3.15. The first-order chi connectivity index (χ1) is 12.2. The minimum atomic E-state index is -0.536. The SMILES string of the molecule is NC(Cc1ccccc1)C(=O)NCc1ccnc(N2CCCCC2)c1. The molecule has 25 heavy (non-hydrogen) atoms. The third-order valence-electron chi connectivity index (χ3n) is 4.59. The monoisotopic (exact) mass is 338 g/mol. The van der Waals surface area contributed by atoms with Crippen LogP contribution in [-0.2, 0) is 17.8 Å². The average molecular weight is 338 g/mol. The summed E-state index contributed by atoms with van der Waals surface area (Å²) in [6.45, 7) is 2.60. The fourth-order valence-electron chi connectivity index (χ4n) is 3.15. The van der Waals surface area contributed by atoms with Gasteiger partial charge in [0.15, 0.2) is 0 Å². The number of aromatic nitrogens is 1. The first-order valence-electron chi connectivity index (χ1n) is 8.99. The van der Waals surface area contributed by atoms with Crippen molar-refractivity contribution in [2.75, 3.05) is 18.0 Å². The molecule has 1 amide bonds. The summed E-state index contributed by atoms with van der Waals surface area (Å²) in [4.78, 5) is 19.0. The molecule has 1 aliphatic rings. The first-order valence-corrected chi connectivity index (χ1v) is 8.99. The van der Waals surface area contributed by atoms with Crippen LogP contribution in [0.4, 0.5) is 5.82 Å². The number of benzene rings is 1. The van der Waals surface area contributed by atoms with E-state index in [0.29, 0.717) is 13.0 Å². The number of pyridine rings is 1. The van der Waals surface area contributed by atoms with Gasteiger partial charge in [-0.25, -0.2) is 4.98 Å². The van der Waals surface area contributed by atoms with Crippen molar-refractivity contribution < 1.29 is 4.79 Å². The molecule has 3 N–H and O–H groups in total. The molecule has 0 aliphatic carbocycles. The van der Waals surface area contributed by atoms with E-state index in [0.717, 1.165) is 30.0 Å². The maximum Gasteiger partial charge on any atom is 0.237 e. The summed E-state index contributed by atoms with van der Waals surface area (Å²) in [5.74, 6) is 0.875. The number of nitrogens with two attached hydrogens (primary N) is 1. The number of piperidine rings is 1. The van der Waals surface area contributed by atoms with Gasteiger partial charge in [0.2, 0.25) is 5.91 Å². The molecule has 0 bridgehead atoms. The summed E-state index contributed by atoms with van der Waals surface area (Å²) in [6, 6.07) is 13.3. The van der Waals surface area contributed by atoms with E-state index in [9.17, 15) is 4.79 Å².